The molecule has 1 aliphatic heterocycles. The lowest BCUT2D eigenvalue weighted by Gasteiger charge is -2.35. The average Bonchev–Trinajstić information content (AvgIpc) is 3.36. The van der Waals surface area contributed by atoms with Crippen LogP contribution in [0, 0.1) is 5.82 Å². The molecule has 1 aromatic heterocycles. The van der Waals surface area contributed by atoms with Crippen molar-refractivity contribution in [2.75, 3.05) is 32.7 Å². The van der Waals surface area contributed by atoms with Gasteiger partial charge >= 0.3 is 6.18 Å². The second-order valence-electron chi connectivity index (χ2n) is 8.23. The third kappa shape index (κ3) is 5.71. The minimum atomic E-state index is -4.83. The van der Waals surface area contributed by atoms with Crippen LogP contribution < -0.4 is 5.32 Å². The summed E-state index contributed by atoms with van der Waals surface area (Å²) in [5, 5.41) is 18.9. The van der Waals surface area contributed by atoms with Crippen molar-refractivity contribution in [3.8, 4) is 17.0 Å². The van der Waals surface area contributed by atoms with Gasteiger partial charge < -0.3 is 20.2 Å². The molecule has 3 amide bonds. The number of aromatic amines is 1. The van der Waals surface area contributed by atoms with Crippen molar-refractivity contribution in [2.24, 2.45) is 0 Å². The molecular weight excluding hydrogens is 498 g/mol. The first-order valence-electron chi connectivity index (χ1n) is 11.1. The molecule has 0 aliphatic carbocycles. The molecule has 0 spiro atoms. The Labute approximate surface area is 207 Å². The lowest BCUT2D eigenvalue weighted by Crippen LogP contribution is -2.52. The van der Waals surface area contributed by atoms with Crippen LogP contribution in [-0.4, -0.2) is 75.5 Å². The molecule has 0 unspecified atom stereocenters. The zero-order chi connectivity index (χ0) is 26.7. The molecule has 194 valence electrons. The molecule has 4 rings (SSSR count). The molecule has 1 fully saturated rings. The normalized spacial score (nSPS) is 13.9. The van der Waals surface area contributed by atoms with Gasteiger partial charge in [-0.1, -0.05) is 12.1 Å². The molecule has 37 heavy (non-hydrogen) atoms. The lowest BCUT2D eigenvalue weighted by atomic mass is 10.0. The topological polar surface area (TPSA) is 119 Å². The Balaban J connectivity index is 1.31. The Kier molecular flexibility index (Phi) is 7.14. The van der Waals surface area contributed by atoms with E-state index in [0.717, 1.165) is 4.90 Å². The van der Waals surface area contributed by atoms with Crippen LogP contribution in [0.4, 0.5) is 17.6 Å². The number of nitrogens with one attached hydrogen (secondary N) is 2. The second kappa shape index (κ2) is 10.3. The fraction of sp³-hybridized carbons (Fsp3) is 0.250. The number of amides is 3. The van der Waals surface area contributed by atoms with Gasteiger partial charge in [-0.25, -0.2) is 4.39 Å². The molecule has 1 aliphatic rings. The average molecular weight is 519 g/mol. The highest BCUT2D eigenvalue weighted by Crippen LogP contribution is 2.33. The number of H-pyrrole nitrogens is 1. The Bertz CT molecular complexity index is 1330. The number of phenols is 1. The van der Waals surface area contributed by atoms with Crippen LogP contribution in [0.25, 0.3) is 11.3 Å². The van der Waals surface area contributed by atoms with E-state index < -0.39 is 40.8 Å². The van der Waals surface area contributed by atoms with E-state index in [1.807, 2.05) is 0 Å². The molecule has 0 saturated carbocycles. The molecule has 2 heterocycles. The Morgan fingerprint density at radius 1 is 1.00 bits per heavy atom. The van der Waals surface area contributed by atoms with Crippen molar-refractivity contribution in [1.82, 2.24) is 25.3 Å². The summed E-state index contributed by atoms with van der Waals surface area (Å²) < 4.78 is 53.3. The Morgan fingerprint density at radius 2 is 1.68 bits per heavy atom. The summed E-state index contributed by atoms with van der Waals surface area (Å²) in [5.74, 6) is -3.02. The molecule has 0 bridgehead atoms. The zero-order valence-corrected chi connectivity index (χ0v) is 19.2. The minimum absolute atomic E-state index is 0.0132. The molecule has 3 N–H and O–H groups in total. The van der Waals surface area contributed by atoms with Gasteiger partial charge in [-0.3, -0.25) is 19.5 Å². The number of halogens is 4. The lowest BCUT2D eigenvalue weighted by molar-refractivity contribution is -0.138. The first kappa shape index (κ1) is 25.7. The third-order valence-electron chi connectivity index (χ3n) is 5.84. The smallest absolute Gasteiger partial charge is 0.417 e. The number of alkyl halides is 3. The van der Waals surface area contributed by atoms with E-state index in [1.54, 1.807) is 18.2 Å². The maximum absolute atomic E-state index is 13.6. The molecule has 9 nitrogen and oxygen atoms in total. The number of carbonyl (C=O) groups excluding carboxylic acids is 3. The van der Waals surface area contributed by atoms with E-state index in [9.17, 15) is 37.1 Å². The number of aromatic hydroxyl groups is 1. The summed E-state index contributed by atoms with van der Waals surface area (Å²) in [6.07, 6.45) is -4.83. The van der Waals surface area contributed by atoms with Gasteiger partial charge in [-0.05, 0) is 36.4 Å². The first-order valence-corrected chi connectivity index (χ1v) is 11.1. The van der Waals surface area contributed by atoms with Gasteiger partial charge in [0.2, 0.25) is 5.91 Å². The van der Waals surface area contributed by atoms with E-state index in [-0.39, 0.29) is 44.2 Å². The summed E-state index contributed by atoms with van der Waals surface area (Å²) in [6.45, 7) is -0.426. The van der Waals surface area contributed by atoms with Crippen molar-refractivity contribution in [1.29, 1.82) is 0 Å². The number of phenolic OH excluding ortho intramolecular Hbond substituents is 1. The number of piperazine rings is 1. The van der Waals surface area contributed by atoms with Crippen molar-refractivity contribution < 1.29 is 37.1 Å². The maximum Gasteiger partial charge on any atom is 0.417 e. The van der Waals surface area contributed by atoms with E-state index in [1.165, 1.54) is 17.0 Å². The number of rotatable bonds is 5. The number of aromatic nitrogens is 2. The maximum atomic E-state index is 13.6. The minimum Gasteiger partial charge on any atom is -0.507 e. The first-order chi connectivity index (χ1) is 17.5. The van der Waals surface area contributed by atoms with Crippen molar-refractivity contribution in [3.63, 3.8) is 0 Å². The van der Waals surface area contributed by atoms with Gasteiger partial charge in [-0.15, -0.1) is 0 Å². The van der Waals surface area contributed by atoms with E-state index >= 15 is 0 Å². The van der Waals surface area contributed by atoms with Gasteiger partial charge in [0.05, 0.1) is 23.4 Å². The van der Waals surface area contributed by atoms with Gasteiger partial charge in [0.1, 0.15) is 17.3 Å². The fourth-order valence-electron chi connectivity index (χ4n) is 3.90. The van der Waals surface area contributed by atoms with Gasteiger partial charge in [0, 0.05) is 31.7 Å². The zero-order valence-electron chi connectivity index (χ0n) is 19.2. The van der Waals surface area contributed by atoms with E-state index in [2.05, 4.69) is 15.5 Å². The molecule has 2 aromatic carbocycles. The highest BCUT2D eigenvalue weighted by molar-refractivity contribution is 5.97. The van der Waals surface area contributed by atoms with Crippen LogP contribution in [0.3, 0.4) is 0 Å². The van der Waals surface area contributed by atoms with Crippen molar-refractivity contribution in [3.05, 3.63) is 71.2 Å². The van der Waals surface area contributed by atoms with E-state index in [0.29, 0.717) is 29.5 Å². The van der Waals surface area contributed by atoms with Crippen LogP contribution in [0.15, 0.2) is 48.5 Å². The number of hydrogen-bond acceptors (Lipinski definition) is 5. The Morgan fingerprint density at radius 3 is 2.35 bits per heavy atom. The summed E-state index contributed by atoms with van der Waals surface area (Å²) in [7, 11) is 0. The molecule has 0 radical (unpaired) electrons. The van der Waals surface area contributed by atoms with E-state index in [4.69, 9.17) is 0 Å². The standard InChI is InChI=1S/C24H21F4N5O4/c25-14-5-6-17(24(26,27)28)16(11-14)23(37)33-9-7-32(8-10-33)21(35)13-29-22(36)19-12-18(30-31-19)15-3-1-2-4-20(15)34/h1-6,11-12,34H,7-10,13H2,(H,29,36)(H,30,31). The van der Waals surface area contributed by atoms with Gasteiger partial charge in [0.25, 0.3) is 11.8 Å². The quantitative estimate of drug-likeness (QED) is 0.448. The van der Waals surface area contributed by atoms with Crippen LogP contribution >= 0.6 is 0 Å². The number of nitrogens with zero attached hydrogens (tertiary/aromatic N) is 3. The molecule has 1 saturated heterocycles. The highest BCUT2D eigenvalue weighted by atomic mass is 19.4. The van der Waals surface area contributed by atoms with Crippen LogP contribution in [0.1, 0.15) is 26.4 Å². The number of carbonyl (C=O) groups is 3. The van der Waals surface area contributed by atoms with Crippen molar-refractivity contribution >= 4 is 17.7 Å². The van der Waals surface area contributed by atoms with Crippen LogP contribution in [-0.2, 0) is 11.0 Å². The fourth-order valence-corrected chi connectivity index (χ4v) is 3.90. The largest absolute Gasteiger partial charge is 0.507 e. The molecular formula is C24H21F4N5O4. The second-order valence-corrected chi connectivity index (χ2v) is 8.23. The van der Waals surface area contributed by atoms with Crippen LogP contribution in [0.5, 0.6) is 5.75 Å². The summed E-state index contributed by atoms with van der Waals surface area (Å²) in [4.78, 5) is 40.1. The third-order valence-corrected chi connectivity index (χ3v) is 5.84. The monoisotopic (exact) mass is 519 g/mol. The summed E-state index contributed by atoms with van der Waals surface area (Å²) in [6, 6.07) is 9.57. The molecule has 3 aromatic rings. The van der Waals surface area contributed by atoms with Gasteiger partial charge in [-0.2, -0.15) is 18.3 Å². The van der Waals surface area contributed by atoms with Crippen molar-refractivity contribution in [2.45, 2.75) is 6.18 Å². The number of para-hydroxylation sites is 1. The highest BCUT2D eigenvalue weighted by Gasteiger charge is 2.37. The Hall–Kier alpha value is -4.42. The molecule has 13 heteroatoms. The summed E-state index contributed by atoms with van der Waals surface area (Å²) in [5.41, 5.74) is -1.20. The number of benzene rings is 2. The predicted molar refractivity (Wildman–Crippen MR) is 122 cm³/mol. The molecule has 0 atom stereocenters. The predicted octanol–water partition coefficient (Wildman–Crippen LogP) is 2.65. The summed E-state index contributed by atoms with van der Waals surface area (Å²) >= 11 is 0. The number of hydrogen-bond donors (Lipinski definition) is 3. The SMILES string of the molecule is O=C(NCC(=O)N1CCN(C(=O)c2cc(F)ccc2C(F)(F)F)CC1)c1cc(-c2ccccc2O)n[nH]1. The van der Waals surface area contributed by atoms with Crippen LogP contribution in [0.2, 0.25) is 0 Å². The van der Waals surface area contributed by atoms with Gasteiger partial charge in [0.15, 0.2) is 0 Å².